The lowest BCUT2D eigenvalue weighted by Crippen LogP contribution is -2.61. The number of aryl methyl sites for hydroxylation is 1. The Bertz CT molecular complexity index is 445. The van der Waals surface area contributed by atoms with Crippen molar-refractivity contribution in [3.05, 3.63) is 29.6 Å². The Labute approximate surface area is 130 Å². The Morgan fingerprint density at radius 1 is 1.33 bits per heavy atom. The van der Waals surface area contributed by atoms with Gasteiger partial charge < -0.3 is 5.32 Å². The summed E-state index contributed by atoms with van der Waals surface area (Å²) in [6, 6.07) is 5.48. The third-order valence-corrected chi connectivity index (χ3v) is 4.63. The molecule has 1 aromatic rings. The van der Waals surface area contributed by atoms with Gasteiger partial charge in [-0.3, -0.25) is 9.88 Å². The van der Waals surface area contributed by atoms with E-state index in [9.17, 15) is 0 Å². The van der Waals surface area contributed by atoms with Crippen molar-refractivity contribution >= 4 is 0 Å². The van der Waals surface area contributed by atoms with Gasteiger partial charge in [0.1, 0.15) is 0 Å². The third kappa shape index (κ3) is 4.27. The molecule has 0 aromatic carbocycles. The Morgan fingerprint density at radius 2 is 2.05 bits per heavy atom. The lowest BCUT2D eigenvalue weighted by molar-refractivity contribution is 0.0571. The Hall–Kier alpha value is -0.930. The summed E-state index contributed by atoms with van der Waals surface area (Å²) in [5.41, 5.74) is 2.71. The topological polar surface area (TPSA) is 28.2 Å². The van der Waals surface area contributed by atoms with E-state index in [1.807, 2.05) is 13.1 Å². The van der Waals surface area contributed by atoms with Crippen LogP contribution in [0.4, 0.5) is 0 Å². The Morgan fingerprint density at radius 3 is 2.57 bits per heavy atom. The average Bonchev–Trinajstić information content (AvgIpc) is 2.40. The Balaban J connectivity index is 2.12. The van der Waals surface area contributed by atoms with E-state index in [0.717, 1.165) is 25.3 Å². The molecule has 3 heteroatoms. The fraction of sp³-hybridized carbons (Fsp3) is 0.722. The van der Waals surface area contributed by atoms with Gasteiger partial charge in [-0.25, -0.2) is 0 Å². The van der Waals surface area contributed by atoms with Crippen LogP contribution in [-0.4, -0.2) is 35.1 Å². The van der Waals surface area contributed by atoms with Gasteiger partial charge in [-0.2, -0.15) is 0 Å². The molecule has 1 aliphatic heterocycles. The standard InChI is InChI=1S/C18H31N3/c1-13(2)16-10-20-17(18(4,5)6)12-21(16)11-15-8-7-14(3)19-9-15/h7-9,13,16-17,20H,10-12H2,1-6H3. The van der Waals surface area contributed by atoms with E-state index in [-0.39, 0.29) is 0 Å². The first-order chi connectivity index (χ1) is 9.77. The van der Waals surface area contributed by atoms with Crippen molar-refractivity contribution in [3.63, 3.8) is 0 Å². The molecule has 1 aliphatic rings. The highest BCUT2D eigenvalue weighted by atomic mass is 15.2. The van der Waals surface area contributed by atoms with E-state index in [1.165, 1.54) is 5.56 Å². The summed E-state index contributed by atoms with van der Waals surface area (Å²) in [5, 5.41) is 3.76. The highest BCUT2D eigenvalue weighted by Gasteiger charge is 2.35. The number of nitrogens with zero attached hydrogens (tertiary/aromatic N) is 2. The molecule has 1 N–H and O–H groups in total. The lowest BCUT2D eigenvalue weighted by Gasteiger charge is -2.46. The molecular formula is C18H31N3. The molecule has 0 amide bonds. The number of rotatable bonds is 3. The first-order valence-electron chi connectivity index (χ1n) is 8.16. The van der Waals surface area contributed by atoms with Gasteiger partial charge in [0.15, 0.2) is 0 Å². The van der Waals surface area contributed by atoms with E-state index >= 15 is 0 Å². The van der Waals surface area contributed by atoms with Crippen LogP contribution < -0.4 is 5.32 Å². The fourth-order valence-electron chi connectivity index (χ4n) is 3.07. The first-order valence-corrected chi connectivity index (χ1v) is 8.16. The second-order valence-corrected chi connectivity index (χ2v) is 7.88. The van der Waals surface area contributed by atoms with Crippen LogP contribution in [0.15, 0.2) is 18.3 Å². The summed E-state index contributed by atoms with van der Waals surface area (Å²) < 4.78 is 0. The number of hydrogen-bond acceptors (Lipinski definition) is 3. The molecule has 118 valence electrons. The summed E-state index contributed by atoms with van der Waals surface area (Å²) >= 11 is 0. The number of nitrogens with one attached hydrogen (secondary N) is 1. The molecule has 0 aliphatic carbocycles. The molecule has 3 nitrogen and oxygen atoms in total. The zero-order valence-electron chi connectivity index (χ0n) is 14.5. The van der Waals surface area contributed by atoms with Gasteiger partial charge in [-0.1, -0.05) is 40.7 Å². The van der Waals surface area contributed by atoms with Crippen molar-refractivity contribution in [2.24, 2.45) is 11.3 Å². The minimum atomic E-state index is 0.297. The van der Waals surface area contributed by atoms with Crippen molar-refractivity contribution in [1.29, 1.82) is 0 Å². The molecular weight excluding hydrogens is 258 g/mol. The monoisotopic (exact) mass is 289 g/mol. The van der Waals surface area contributed by atoms with Crippen LogP contribution in [0.5, 0.6) is 0 Å². The van der Waals surface area contributed by atoms with Crippen LogP contribution in [0.2, 0.25) is 0 Å². The zero-order chi connectivity index (χ0) is 15.6. The first kappa shape index (κ1) is 16.4. The van der Waals surface area contributed by atoms with Gasteiger partial charge in [0.05, 0.1) is 0 Å². The van der Waals surface area contributed by atoms with Gasteiger partial charge >= 0.3 is 0 Å². The van der Waals surface area contributed by atoms with Crippen LogP contribution in [0, 0.1) is 18.3 Å². The maximum atomic E-state index is 4.44. The van der Waals surface area contributed by atoms with Crippen LogP contribution >= 0.6 is 0 Å². The summed E-state index contributed by atoms with van der Waals surface area (Å²) in [5.74, 6) is 0.664. The summed E-state index contributed by atoms with van der Waals surface area (Å²) in [6.07, 6.45) is 2.03. The van der Waals surface area contributed by atoms with Crippen molar-refractivity contribution in [3.8, 4) is 0 Å². The average molecular weight is 289 g/mol. The van der Waals surface area contributed by atoms with Crippen molar-refractivity contribution in [2.75, 3.05) is 13.1 Å². The van der Waals surface area contributed by atoms with Gasteiger partial charge in [-0.05, 0) is 29.9 Å². The van der Waals surface area contributed by atoms with Gasteiger partial charge in [0, 0.05) is 43.6 Å². The van der Waals surface area contributed by atoms with Crippen molar-refractivity contribution in [2.45, 2.75) is 60.2 Å². The minimum absolute atomic E-state index is 0.297. The summed E-state index contributed by atoms with van der Waals surface area (Å²) in [7, 11) is 0. The molecule has 0 saturated carbocycles. The molecule has 2 heterocycles. The van der Waals surface area contributed by atoms with E-state index < -0.39 is 0 Å². The number of hydrogen-bond donors (Lipinski definition) is 1. The molecule has 2 unspecified atom stereocenters. The minimum Gasteiger partial charge on any atom is -0.311 e. The van der Waals surface area contributed by atoms with E-state index in [4.69, 9.17) is 0 Å². The lowest BCUT2D eigenvalue weighted by atomic mass is 9.83. The smallest absolute Gasteiger partial charge is 0.0372 e. The third-order valence-electron chi connectivity index (χ3n) is 4.63. The normalized spacial score (nSPS) is 24.5. The number of pyridine rings is 1. The summed E-state index contributed by atoms with van der Waals surface area (Å²) in [6.45, 7) is 16.9. The van der Waals surface area contributed by atoms with E-state index in [0.29, 0.717) is 23.4 Å². The fourth-order valence-corrected chi connectivity index (χ4v) is 3.07. The second kappa shape index (κ2) is 6.45. The molecule has 0 bridgehead atoms. The molecule has 1 fully saturated rings. The van der Waals surface area contributed by atoms with Crippen LogP contribution in [0.25, 0.3) is 0 Å². The highest BCUT2D eigenvalue weighted by Crippen LogP contribution is 2.26. The maximum absolute atomic E-state index is 4.44. The molecule has 1 aromatic heterocycles. The van der Waals surface area contributed by atoms with Crippen LogP contribution in [-0.2, 0) is 6.54 Å². The molecule has 0 radical (unpaired) electrons. The van der Waals surface area contributed by atoms with Crippen molar-refractivity contribution in [1.82, 2.24) is 15.2 Å². The van der Waals surface area contributed by atoms with Gasteiger partial charge in [0.25, 0.3) is 0 Å². The summed E-state index contributed by atoms with van der Waals surface area (Å²) in [4.78, 5) is 7.08. The van der Waals surface area contributed by atoms with Crippen molar-refractivity contribution < 1.29 is 0 Å². The molecule has 21 heavy (non-hydrogen) atoms. The Kier molecular flexibility index (Phi) is 5.05. The van der Waals surface area contributed by atoms with Gasteiger partial charge in [-0.15, -0.1) is 0 Å². The molecule has 2 atom stereocenters. The second-order valence-electron chi connectivity index (χ2n) is 7.88. The predicted molar refractivity (Wildman–Crippen MR) is 89.3 cm³/mol. The van der Waals surface area contributed by atoms with E-state index in [1.54, 1.807) is 0 Å². The van der Waals surface area contributed by atoms with Gasteiger partial charge in [0.2, 0.25) is 0 Å². The number of aromatic nitrogens is 1. The van der Waals surface area contributed by atoms with Crippen LogP contribution in [0.1, 0.15) is 45.9 Å². The molecule has 2 rings (SSSR count). The molecule has 1 saturated heterocycles. The largest absolute Gasteiger partial charge is 0.311 e. The number of piperazine rings is 1. The maximum Gasteiger partial charge on any atom is 0.0372 e. The SMILES string of the molecule is Cc1ccc(CN2CC(C(C)(C)C)NCC2C(C)C)cn1. The molecule has 0 spiro atoms. The van der Waals surface area contributed by atoms with Crippen LogP contribution in [0.3, 0.4) is 0 Å². The predicted octanol–water partition coefficient (Wildman–Crippen LogP) is 3.23. The van der Waals surface area contributed by atoms with E-state index in [2.05, 4.69) is 62.0 Å². The zero-order valence-corrected chi connectivity index (χ0v) is 14.5. The quantitative estimate of drug-likeness (QED) is 0.926. The highest BCUT2D eigenvalue weighted by molar-refractivity contribution is 5.13.